The molecule has 2 aliphatic heterocycles. The molecule has 1 spiro atoms. The molecular weight excluding hydrogens is 290 g/mol. The standard InChI is InChI=1S/C18H27N3O2/c1-12(2)16-18(7-9-23-10-8-18)11-21(16)17(22)20-15-6-5-13(3)19-14(15)4/h5-6,12,16H,7-11H2,1-4H3,(H,20,22). The number of ether oxygens (including phenoxy) is 1. The molecule has 0 radical (unpaired) electrons. The second kappa shape index (κ2) is 6.11. The average Bonchev–Trinajstić information content (AvgIpc) is 2.48. The summed E-state index contributed by atoms with van der Waals surface area (Å²) in [5.74, 6) is 0.449. The fourth-order valence-corrected chi connectivity index (χ4v) is 4.25. The van der Waals surface area contributed by atoms with Crippen molar-refractivity contribution < 1.29 is 9.53 Å². The summed E-state index contributed by atoms with van der Waals surface area (Å²) < 4.78 is 5.52. The summed E-state index contributed by atoms with van der Waals surface area (Å²) in [6, 6.07) is 4.16. The van der Waals surface area contributed by atoms with Crippen molar-refractivity contribution in [2.24, 2.45) is 11.3 Å². The van der Waals surface area contributed by atoms with Crippen LogP contribution >= 0.6 is 0 Å². The van der Waals surface area contributed by atoms with Crippen LogP contribution in [0.5, 0.6) is 0 Å². The number of hydrogen-bond donors (Lipinski definition) is 1. The smallest absolute Gasteiger partial charge is 0.322 e. The van der Waals surface area contributed by atoms with E-state index in [0.29, 0.717) is 12.0 Å². The molecule has 3 rings (SSSR count). The summed E-state index contributed by atoms with van der Waals surface area (Å²) in [5, 5.41) is 3.04. The lowest BCUT2D eigenvalue weighted by atomic mass is 9.63. The van der Waals surface area contributed by atoms with Gasteiger partial charge in [0.05, 0.1) is 11.4 Å². The molecule has 1 atom stereocenters. The third kappa shape index (κ3) is 2.94. The predicted octanol–water partition coefficient (Wildman–Crippen LogP) is 3.37. The van der Waals surface area contributed by atoms with Crippen LogP contribution in [0, 0.1) is 25.2 Å². The minimum Gasteiger partial charge on any atom is -0.381 e. The molecule has 1 aromatic heterocycles. The number of carbonyl (C=O) groups is 1. The summed E-state index contributed by atoms with van der Waals surface area (Å²) in [4.78, 5) is 19.1. The number of anilines is 1. The molecule has 1 N–H and O–H groups in total. The van der Waals surface area contributed by atoms with Gasteiger partial charge in [-0.25, -0.2) is 4.79 Å². The monoisotopic (exact) mass is 317 g/mol. The third-order valence-corrected chi connectivity index (χ3v) is 5.30. The predicted molar refractivity (Wildman–Crippen MR) is 90.5 cm³/mol. The van der Waals surface area contributed by atoms with Gasteiger partial charge in [-0.2, -0.15) is 0 Å². The summed E-state index contributed by atoms with van der Waals surface area (Å²) >= 11 is 0. The van der Waals surface area contributed by atoms with Crippen molar-refractivity contribution in [3.05, 3.63) is 23.5 Å². The van der Waals surface area contributed by atoms with Crippen LogP contribution < -0.4 is 5.32 Å². The van der Waals surface area contributed by atoms with Crippen LogP contribution in [0.4, 0.5) is 10.5 Å². The van der Waals surface area contributed by atoms with E-state index in [4.69, 9.17) is 4.74 Å². The van der Waals surface area contributed by atoms with Gasteiger partial charge < -0.3 is 15.0 Å². The number of aromatic nitrogens is 1. The van der Waals surface area contributed by atoms with Crippen LogP contribution in [0.1, 0.15) is 38.1 Å². The van der Waals surface area contributed by atoms with E-state index in [1.807, 2.05) is 30.9 Å². The zero-order chi connectivity index (χ0) is 16.6. The molecule has 5 heteroatoms. The quantitative estimate of drug-likeness (QED) is 0.910. The molecule has 1 unspecified atom stereocenters. The van der Waals surface area contributed by atoms with E-state index in [1.165, 1.54) is 0 Å². The molecule has 2 amide bonds. The van der Waals surface area contributed by atoms with Crippen LogP contribution in [0.2, 0.25) is 0 Å². The molecule has 23 heavy (non-hydrogen) atoms. The Labute approximate surface area is 138 Å². The first-order valence-corrected chi connectivity index (χ1v) is 8.52. The highest BCUT2D eigenvalue weighted by Gasteiger charge is 2.55. The Kier molecular flexibility index (Phi) is 4.32. The van der Waals surface area contributed by atoms with E-state index < -0.39 is 0 Å². The Morgan fingerprint density at radius 1 is 1.35 bits per heavy atom. The normalized spacial score (nSPS) is 23.0. The Morgan fingerprint density at radius 2 is 2.04 bits per heavy atom. The number of pyridine rings is 1. The molecule has 0 bridgehead atoms. The number of nitrogens with one attached hydrogen (secondary N) is 1. The first-order valence-electron chi connectivity index (χ1n) is 8.52. The lowest BCUT2D eigenvalue weighted by Crippen LogP contribution is -2.70. The molecule has 0 aliphatic carbocycles. The number of likely N-dealkylation sites (tertiary alicyclic amines) is 1. The number of rotatable bonds is 2. The van der Waals surface area contributed by atoms with Crippen LogP contribution in [0.25, 0.3) is 0 Å². The Hall–Kier alpha value is -1.62. The first-order chi connectivity index (χ1) is 10.9. The van der Waals surface area contributed by atoms with Crippen LogP contribution in [-0.4, -0.2) is 41.7 Å². The minimum absolute atomic E-state index is 0.00503. The summed E-state index contributed by atoms with van der Waals surface area (Å²) in [7, 11) is 0. The highest BCUT2D eigenvalue weighted by atomic mass is 16.5. The van der Waals surface area contributed by atoms with E-state index in [2.05, 4.69) is 24.1 Å². The van der Waals surface area contributed by atoms with Crippen LogP contribution in [-0.2, 0) is 4.74 Å². The van der Waals surface area contributed by atoms with Crippen molar-refractivity contribution in [2.75, 3.05) is 25.1 Å². The van der Waals surface area contributed by atoms with Gasteiger partial charge in [-0.3, -0.25) is 4.98 Å². The van der Waals surface area contributed by atoms with E-state index in [-0.39, 0.29) is 11.4 Å². The van der Waals surface area contributed by atoms with Gasteiger partial charge in [0.2, 0.25) is 0 Å². The number of nitrogens with zero attached hydrogens (tertiary/aromatic N) is 2. The molecule has 126 valence electrons. The SMILES string of the molecule is Cc1ccc(NC(=O)N2CC3(CCOCC3)C2C(C)C)c(C)n1. The maximum absolute atomic E-state index is 12.7. The number of aryl methyl sites for hydroxylation is 2. The first kappa shape index (κ1) is 16.2. The zero-order valence-electron chi connectivity index (χ0n) is 14.6. The van der Waals surface area contributed by atoms with Crippen molar-refractivity contribution in [3.8, 4) is 0 Å². The molecule has 3 heterocycles. The molecule has 2 fully saturated rings. The van der Waals surface area contributed by atoms with E-state index in [1.54, 1.807) is 0 Å². The van der Waals surface area contributed by atoms with E-state index in [0.717, 1.165) is 49.7 Å². The molecule has 2 saturated heterocycles. The summed E-state index contributed by atoms with van der Waals surface area (Å²) in [6.07, 6.45) is 2.12. The lowest BCUT2D eigenvalue weighted by molar-refractivity contribution is -0.122. The van der Waals surface area contributed by atoms with Gasteiger partial charge in [0, 0.05) is 36.9 Å². The Balaban J connectivity index is 1.72. The molecule has 0 saturated carbocycles. The van der Waals surface area contributed by atoms with Gasteiger partial charge in [-0.05, 0) is 44.7 Å². The summed E-state index contributed by atoms with van der Waals surface area (Å²) in [6.45, 7) is 10.8. The molecular formula is C18H27N3O2. The van der Waals surface area contributed by atoms with Crippen molar-refractivity contribution in [2.45, 2.75) is 46.6 Å². The second-order valence-electron chi connectivity index (χ2n) is 7.31. The fraction of sp³-hybridized carbons (Fsp3) is 0.667. The number of hydrogen-bond acceptors (Lipinski definition) is 3. The highest BCUT2D eigenvalue weighted by Crippen LogP contribution is 2.48. The van der Waals surface area contributed by atoms with Gasteiger partial charge in [0.25, 0.3) is 0 Å². The zero-order valence-corrected chi connectivity index (χ0v) is 14.6. The van der Waals surface area contributed by atoms with Gasteiger partial charge >= 0.3 is 6.03 Å². The van der Waals surface area contributed by atoms with Crippen molar-refractivity contribution in [3.63, 3.8) is 0 Å². The van der Waals surface area contributed by atoms with E-state index in [9.17, 15) is 4.79 Å². The highest BCUT2D eigenvalue weighted by molar-refractivity contribution is 5.90. The van der Waals surface area contributed by atoms with Gasteiger partial charge in [-0.15, -0.1) is 0 Å². The third-order valence-electron chi connectivity index (χ3n) is 5.30. The number of amides is 2. The Bertz CT molecular complexity index is 594. The molecule has 2 aliphatic rings. The van der Waals surface area contributed by atoms with Gasteiger partial charge in [0.1, 0.15) is 0 Å². The molecule has 1 aromatic rings. The van der Waals surface area contributed by atoms with Crippen molar-refractivity contribution in [1.82, 2.24) is 9.88 Å². The summed E-state index contributed by atoms with van der Waals surface area (Å²) in [5.41, 5.74) is 2.88. The lowest BCUT2D eigenvalue weighted by Gasteiger charge is -2.60. The van der Waals surface area contributed by atoms with Crippen LogP contribution in [0.15, 0.2) is 12.1 Å². The van der Waals surface area contributed by atoms with Crippen molar-refractivity contribution in [1.29, 1.82) is 0 Å². The Morgan fingerprint density at radius 3 is 2.65 bits per heavy atom. The van der Waals surface area contributed by atoms with Crippen molar-refractivity contribution >= 4 is 11.7 Å². The minimum atomic E-state index is -0.00503. The number of urea groups is 1. The largest absolute Gasteiger partial charge is 0.381 e. The van der Waals surface area contributed by atoms with Gasteiger partial charge in [-0.1, -0.05) is 13.8 Å². The van der Waals surface area contributed by atoms with E-state index >= 15 is 0 Å². The second-order valence-corrected chi connectivity index (χ2v) is 7.31. The van der Waals surface area contributed by atoms with Gasteiger partial charge in [0.15, 0.2) is 0 Å². The fourth-order valence-electron chi connectivity index (χ4n) is 4.25. The number of carbonyl (C=O) groups excluding carboxylic acids is 1. The maximum atomic E-state index is 12.7. The topological polar surface area (TPSA) is 54.5 Å². The average molecular weight is 317 g/mol. The molecule has 5 nitrogen and oxygen atoms in total. The molecule has 0 aromatic carbocycles. The maximum Gasteiger partial charge on any atom is 0.322 e. The van der Waals surface area contributed by atoms with Crippen LogP contribution in [0.3, 0.4) is 0 Å².